The predicted molar refractivity (Wildman–Crippen MR) is 113 cm³/mol. The number of aromatic nitrogens is 4. The topological polar surface area (TPSA) is 120 Å². The Morgan fingerprint density at radius 3 is 2.23 bits per heavy atom. The number of imidazole rings is 1. The molecule has 31 heavy (non-hydrogen) atoms. The normalized spacial score (nSPS) is 29.8. The number of imide groups is 1. The van der Waals surface area contributed by atoms with Crippen molar-refractivity contribution in [3.8, 4) is 0 Å². The van der Waals surface area contributed by atoms with Gasteiger partial charge in [0.15, 0.2) is 11.2 Å². The number of rotatable bonds is 3. The molecule has 0 aromatic carbocycles. The molecule has 0 radical (unpaired) electrons. The van der Waals surface area contributed by atoms with Crippen LogP contribution in [0.15, 0.2) is 15.9 Å². The Morgan fingerprint density at radius 1 is 1.06 bits per heavy atom. The maximum Gasteiger partial charge on any atom is 0.332 e. The first-order chi connectivity index (χ1) is 14.7. The van der Waals surface area contributed by atoms with Crippen molar-refractivity contribution in [3.63, 3.8) is 0 Å². The zero-order valence-corrected chi connectivity index (χ0v) is 18.1. The third-order valence-corrected chi connectivity index (χ3v) is 7.62. The standard InChI is InChI=1S/C21H28N6O4/c1-11(27-10-22-16-15(27)18(29)26(3)20(31)25(16)2)17(28)23-19(30)24-21-7-12-4-13(8-21)6-14(5-12)9-21/h10-14H,4-9H2,1-3H3,(H2,23,24,28,30). The number of nitrogens with zero attached hydrogens (tertiary/aromatic N) is 4. The Morgan fingerprint density at radius 2 is 1.65 bits per heavy atom. The monoisotopic (exact) mass is 428 g/mol. The van der Waals surface area contributed by atoms with E-state index in [0.29, 0.717) is 17.8 Å². The molecule has 6 rings (SSSR count). The fourth-order valence-corrected chi connectivity index (χ4v) is 6.54. The molecular formula is C21H28N6O4. The molecule has 4 saturated carbocycles. The Hall–Kier alpha value is -2.91. The first-order valence-corrected chi connectivity index (χ1v) is 10.9. The Balaban J connectivity index is 1.34. The van der Waals surface area contributed by atoms with Crippen molar-refractivity contribution in [1.82, 2.24) is 29.3 Å². The van der Waals surface area contributed by atoms with Gasteiger partial charge in [0.1, 0.15) is 6.04 Å². The van der Waals surface area contributed by atoms with Crippen molar-refractivity contribution in [2.75, 3.05) is 0 Å². The predicted octanol–water partition coefficient (Wildman–Crippen LogP) is 0.789. The van der Waals surface area contributed by atoms with Crippen molar-refractivity contribution < 1.29 is 9.59 Å². The summed E-state index contributed by atoms with van der Waals surface area (Å²) in [7, 11) is 2.90. The van der Waals surface area contributed by atoms with Gasteiger partial charge in [0.25, 0.3) is 11.5 Å². The quantitative estimate of drug-likeness (QED) is 0.749. The molecule has 0 spiro atoms. The van der Waals surface area contributed by atoms with Crippen molar-refractivity contribution in [3.05, 3.63) is 27.2 Å². The van der Waals surface area contributed by atoms with E-state index in [9.17, 15) is 19.2 Å². The molecule has 2 N–H and O–H groups in total. The second-order valence-corrected chi connectivity index (χ2v) is 9.85. The number of carbonyl (C=O) groups excluding carboxylic acids is 2. The average Bonchev–Trinajstić information content (AvgIpc) is 3.13. The lowest BCUT2D eigenvalue weighted by molar-refractivity contribution is -0.122. The highest BCUT2D eigenvalue weighted by Gasteiger charge is 2.51. The van der Waals surface area contributed by atoms with Gasteiger partial charge in [-0.2, -0.15) is 0 Å². The molecule has 3 amide bonds. The van der Waals surface area contributed by atoms with Gasteiger partial charge in [-0.25, -0.2) is 14.6 Å². The summed E-state index contributed by atoms with van der Waals surface area (Å²) in [5, 5.41) is 5.58. The van der Waals surface area contributed by atoms with E-state index in [-0.39, 0.29) is 16.7 Å². The van der Waals surface area contributed by atoms with Crippen LogP contribution in [0, 0.1) is 17.8 Å². The van der Waals surface area contributed by atoms with Crippen molar-refractivity contribution in [2.24, 2.45) is 31.8 Å². The first kappa shape index (κ1) is 20.0. The number of aryl methyl sites for hydroxylation is 1. The van der Waals surface area contributed by atoms with Gasteiger partial charge >= 0.3 is 11.7 Å². The molecule has 1 atom stereocenters. The zero-order valence-electron chi connectivity index (χ0n) is 18.1. The second kappa shape index (κ2) is 6.80. The number of hydrogen-bond donors (Lipinski definition) is 2. The minimum Gasteiger partial charge on any atom is -0.332 e. The number of hydrogen-bond acceptors (Lipinski definition) is 5. The van der Waals surface area contributed by atoms with Crippen LogP contribution in [-0.4, -0.2) is 36.2 Å². The summed E-state index contributed by atoms with van der Waals surface area (Å²) in [6.45, 7) is 1.60. The minimum atomic E-state index is -0.850. The highest BCUT2D eigenvalue weighted by atomic mass is 16.2. The van der Waals surface area contributed by atoms with Crippen LogP contribution in [0.25, 0.3) is 11.2 Å². The van der Waals surface area contributed by atoms with Crippen LogP contribution in [0.1, 0.15) is 51.5 Å². The highest BCUT2D eigenvalue weighted by Crippen LogP contribution is 2.55. The highest BCUT2D eigenvalue weighted by molar-refractivity contribution is 5.96. The van der Waals surface area contributed by atoms with E-state index in [1.807, 2.05) is 0 Å². The summed E-state index contributed by atoms with van der Waals surface area (Å²) in [6, 6.07) is -1.33. The van der Waals surface area contributed by atoms with Crippen molar-refractivity contribution >= 4 is 23.1 Å². The SMILES string of the molecule is CC(C(=O)NC(=O)NC12CC3CC(CC(C3)C1)C2)n1cnc2c1c(=O)n(C)c(=O)n2C. The van der Waals surface area contributed by atoms with Gasteiger partial charge in [0.2, 0.25) is 0 Å². The largest absolute Gasteiger partial charge is 0.332 e. The average molecular weight is 428 g/mol. The molecule has 2 aromatic heterocycles. The number of nitrogens with one attached hydrogen (secondary N) is 2. The van der Waals surface area contributed by atoms with E-state index in [1.165, 1.54) is 48.8 Å². The van der Waals surface area contributed by atoms with Gasteiger partial charge in [-0.1, -0.05) is 0 Å². The van der Waals surface area contributed by atoms with Crippen LogP contribution in [0.3, 0.4) is 0 Å². The van der Waals surface area contributed by atoms with Gasteiger partial charge in [0, 0.05) is 19.6 Å². The number of fused-ring (bicyclic) bond motifs is 1. The molecule has 10 heteroatoms. The minimum absolute atomic E-state index is 0.147. The summed E-state index contributed by atoms with van der Waals surface area (Å²) in [5.41, 5.74) is -0.874. The van der Waals surface area contributed by atoms with E-state index in [2.05, 4.69) is 15.6 Å². The number of amides is 3. The molecule has 10 nitrogen and oxygen atoms in total. The van der Waals surface area contributed by atoms with E-state index >= 15 is 0 Å². The third kappa shape index (κ3) is 3.11. The number of urea groups is 1. The Labute approximate surface area is 178 Å². The summed E-state index contributed by atoms with van der Waals surface area (Å²) in [5.74, 6) is 1.52. The molecule has 166 valence electrons. The van der Waals surface area contributed by atoms with Gasteiger partial charge < -0.3 is 9.88 Å². The lowest BCUT2D eigenvalue weighted by Crippen LogP contribution is -2.62. The molecular weight excluding hydrogens is 400 g/mol. The lowest BCUT2D eigenvalue weighted by atomic mass is 9.53. The molecule has 2 aromatic rings. The maximum atomic E-state index is 12.8. The maximum absolute atomic E-state index is 12.8. The first-order valence-electron chi connectivity index (χ1n) is 10.9. The lowest BCUT2D eigenvalue weighted by Gasteiger charge is -2.56. The number of carbonyl (C=O) groups is 2. The zero-order chi connectivity index (χ0) is 22.1. The van der Waals surface area contributed by atoms with Gasteiger partial charge in [-0.05, 0) is 63.2 Å². The molecule has 1 unspecified atom stereocenters. The second-order valence-electron chi connectivity index (χ2n) is 9.85. The Kier molecular flexibility index (Phi) is 4.39. The van der Waals surface area contributed by atoms with Crippen molar-refractivity contribution in [1.29, 1.82) is 0 Å². The fraction of sp³-hybridized carbons (Fsp3) is 0.667. The molecule has 4 aliphatic carbocycles. The molecule has 0 aliphatic heterocycles. The van der Waals surface area contributed by atoms with Crippen LogP contribution in [0.5, 0.6) is 0 Å². The van der Waals surface area contributed by atoms with E-state index < -0.39 is 29.2 Å². The third-order valence-electron chi connectivity index (χ3n) is 7.62. The van der Waals surface area contributed by atoms with Gasteiger partial charge in [-0.3, -0.25) is 24.0 Å². The van der Waals surface area contributed by atoms with Crippen LogP contribution >= 0.6 is 0 Å². The van der Waals surface area contributed by atoms with E-state index in [4.69, 9.17) is 0 Å². The molecule has 0 saturated heterocycles. The van der Waals surface area contributed by atoms with Crippen LogP contribution < -0.4 is 21.9 Å². The van der Waals surface area contributed by atoms with Crippen LogP contribution in [-0.2, 0) is 18.9 Å². The van der Waals surface area contributed by atoms with Crippen molar-refractivity contribution in [2.45, 2.75) is 57.0 Å². The van der Waals surface area contributed by atoms with Crippen LogP contribution in [0.2, 0.25) is 0 Å². The smallest absolute Gasteiger partial charge is 0.332 e. The van der Waals surface area contributed by atoms with E-state index in [1.54, 1.807) is 6.92 Å². The molecule has 4 aliphatic rings. The summed E-state index contributed by atoms with van der Waals surface area (Å²) < 4.78 is 3.65. The molecule has 4 bridgehead atoms. The summed E-state index contributed by atoms with van der Waals surface area (Å²) in [4.78, 5) is 54.4. The molecule has 2 heterocycles. The van der Waals surface area contributed by atoms with Gasteiger partial charge in [0.05, 0.1) is 6.33 Å². The Bertz CT molecular complexity index is 1170. The van der Waals surface area contributed by atoms with E-state index in [0.717, 1.165) is 23.8 Å². The van der Waals surface area contributed by atoms with Gasteiger partial charge in [-0.15, -0.1) is 0 Å². The summed E-state index contributed by atoms with van der Waals surface area (Å²) in [6.07, 6.45) is 8.13. The van der Waals surface area contributed by atoms with Crippen LogP contribution in [0.4, 0.5) is 4.79 Å². The fourth-order valence-electron chi connectivity index (χ4n) is 6.54. The summed E-state index contributed by atoms with van der Waals surface area (Å²) >= 11 is 0. The molecule has 4 fully saturated rings.